The fourth-order valence-electron chi connectivity index (χ4n) is 1.02. The van der Waals surface area contributed by atoms with Crippen LogP contribution in [0, 0.1) is 12.7 Å². The molecule has 0 aliphatic rings. The number of aromatic nitrogens is 3. The van der Waals surface area contributed by atoms with Crippen LogP contribution >= 0.6 is 0 Å². The first-order chi connectivity index (χ1) is 5.70. The smallest absolute Gasteiger partial charge is 0.253 e. The van der Waals surface area contributed by atoms with Crippen molar-refractivity contribution in [2.45, 2.75) is 6.92 Å². The van der Waals surface area contributed by atoms with Crippen molar-refractivity contribution in [1.82, 2.24) is 14.6 Å². The van der Waals surface area contributed by atoms with Gasteiger partial charge in [0, 0.05) is 6.07 Å². The van der Waals surface area contributed by atoms with Gasteiger partial charge in [-0.3, -0.25) is 0 Å². The van der Waals surface area contributed by atoms with Gasteiger partial charge in [-0.25, -0.2) is 4.98 Å². The highest BCUT2D eigenvalue weighted by Crippen LogP contribution is 2.17. The van der Waals surface area contributed by atoms with E-state index in [2.05, 4.69) is 10.1 Å². The van der Waals surface area contributed by atoms with E-state index in [0.717, 1.165) is 4.52 Å². The first-order valence-electron chi connectivity index (χ1n) is 3.39. The van der Waals surface area contributed by atoms with Gasteiger partial charge in [0.1, 0.15) is 0 Å². The molecule has 2 aromatic rings. The second-order valence-corrected chi connectivity index (χ2v) is 2.44. The summed E-state index contributed by atoms with van der Waals surface area (Å²) < 4.78 is 14.0. The van der Waals surface area contributed by atoms with E-state index in [1.807, 2.05) is 0 Å². The Morgan fingerprint density at radius 1 is 1.58 bits per heavy atom. The van der Waals surface area contributed by atoms with E-state index in [1.54, 1.807) is 6.07 Å². The topological polar surface area (TPSA) is 50.4 Å². The number of nitrogens with zero attached hydrogens (tertiary/aromatic N) is 3. The Morgan fingerprint density at radius 2 is 2.33 bits per heavy atom. The average Bonchev–Trinajstić information content (AvgIpc) is 2.48. The molecule has 0 radical (unpaired) electrons. The second kappa shape index (κ2) is 2.17. The fourth-order valence-corrected chi connectivity index (χ4v) is 1.02. The van der Waals surface area contributed by atoms with Crippen LogP contribution in [0.4, 0.5) is 4.39 Å². The molecule has 2 aromatic heterocycles. The molecule has 0 aliphatic carbocycles. The monoisotopic (exact) mass is 167 g/mol. The van der Waals surface area contributed by atoms with E-state index in [4.69, 9.17) is 0 Å². The molecule has 4 nitrogen and oxygen atoms in total. The van der Waals surface area contributed by atoms with Crippen LogP contribution in [0.3, 0.4) is 0 Å². The van der Waals surface area contributed by atoms with Crippen LogP contribution < -0.4 is 0 Å². The van der Waals surface area contributed by atoms with Crippen molar-refractivity contribution in [2.75, 3.05) is 0 Å². The third-order valence-corrected chi connectivity index (χ3v) is 1.62. The summed E-state index contributed by atoms with van der Waals surface area (Å²) in [4.78, 5) is 3.86. The normalized spacial score (nSPS) is 10.8. The number of aromatic hydroxyl groups is 1. The Kier molecular flexibility index (Phi) is 1.27. The lowest BCUT2D eigenvalue weighted by atomic mass is 10.4. The molecular formula is C7H6FN3O. The Hall–Kier alpha value is -1.65. The largest absolute Gasteiger partial charge is 0.491 e. The van der Waals surface area contributed by atoms with E-state index >= 15 is 0 Å². The molecule has 0 aromatic carbocycles. The van der Waals surface area contributed by atoms with Crippen molar-refractivity contribution in [3.05, 3.63) is 23.8 Å². The van der Waals surface area contributed by atoms with Crippen molar-refractivity contribution in [3.63, 3.8) is 0 Å². The SMILES string of the molecule is Cc1nc2ccnn2c(O)c1F. The number of rotatable bonds is 0. The maximum atomic E-state index is 13.0. The van der Waals surface area contributed by atoms with Gasteiger partial charge in [-0.15, -0.1) is 0 Å². The number of fused-ring (bicyclic) bond motifs is 1. The third kappa shape index (κ3) is 0.761. The van der Waals surface area contributed by atoms with Crippen molar-refractivity contribution in [1.29, 1.82) is 0 Å². The lowest BCUT2D eigenvalue weighted by molar-refractivity contribution is 0.391. The molecule has 0 atom stereocenters. The first-order valence-corrected chi connectivity index (χ1v) is 3.39. The van der Waals surface area contributed by atoms with Crippen LogP contribution in [0.2, 0.25) is 0 Å². The minimum atomic E-state index is -0.730. The number of halogens is 1. The molecule has 0 spiro atoms. The minimum Gasteiger partial charge on any atom is -0.491 e. The van der Waals surface area contributed by atoms with Crippen LogP contribution in [0.1, 0.15) is 5.69 Å². The third-order valence-electron chi connectivity index (χ3n) is 1.62. The summed E-state index contributed by atoms with van der Waals surface area (Å²) in [6.07, 6.45) is 1.45. The van der Waals surface area contributed by atoms with Gasteiger partial charge >= 0.3 is 0 Å². The highest BCUT2D eigenvalue weighted by Gasteiger charge is 2.10. The van der Waals surface area contributed by atoms with Gasteiger partial charge in [-0.05, 0) is 6.92 Å². The Bertz CT molecular complexity index is 437. The van der Waals surface area contributed by atoms with E-state index in [0.29, 0.717) is 5.65 Å². The molecule has 0 fully saturated rings. The first kappa shape index (κ1) is 7.02. The van der Waals surface area contributed by atoms with Crippen LogP contribution in [0.25, 0.3) is 5.65 Å². The van der Waals surface area contributed by atoms with Gasteiger partial charge < -0.3 is 5.11 Å². The summed E-state index contributed by atoms with van der Waals surface area (Å²) >= 11 is 0. The molecule has 5 heteroatoms. The van der Waals surface area contributed by atoms with Gasteiger partial charge in [0.25, 0.3) is 5.88 Å². The summed E-state index contributed by atoms with van der Waals surface area (Å²) in [5.41, 5.74) is 0.604. The number of aryl methyl sites for hydroxylation is 1. The fraction of sp³-hybridized carbons (Fsp3) is 0.143. The van der Waals surface area contributed by atoms with E-state index in [-0.39, 0.29) is 5.69 Å². The zero-order valence-electron chi connectivity index (χ0n) is 6.32. The summed E-state index contributed by atoms with van der Waals surface area (Å²) in [6, 6.07) is 1.59. The highest BCUT2D eigenvalue weighted by atomic mass is 19.1. The van der Waals surface area contributed by atoms with Gasteiger partial charge in [0.05, 0.1) is 11.9 Å². The lowest BCUT2D eigenvalue weighted by Gasteiger charge is -2.00. The quantitative estimate of drug-likeness (QED) is 0.633. The molecule has 1 N–H and O–H groups in total. The summed E-state index contributed by atoms with van der Waals surface area (Å²) in [5.74, 6) is -1.23. The maximum Gasteiger partial charge on any atom is 0.253 e. The van der Waals surface area contributed by atoms with E-state index in [9.17, 15) is 9.50 Å². The predicted molar refractivity (Wildman–Crippen MR) is 39.3 cm³/mol. The molecule has 0 aliphatic heterocycles. The average molecular weight is 167 g/mol. The van der Waals surface area contributed by atoms with Crippen LogP contribution in [0.15, 0.2) is 12.3 Å². The molecule has 62 valence electrons. The highest BCUT2D eigenvalue weighted by molar-refractivity contribution is 5.40. The van der Waals surface area contributed by atoms with Crippen molar-refractivity contribution in [3.8, 4) is 5.88 Å². The number of hydrogen-bond donors (Lipinski definition) is 1. The lowest BCUT2D eigenvalue weighted by Crippen LogP contribution is -1.97. The standard InChI is InChI=1S/C7H6FN3O/c1-4-6(8)7(12)11-5(10-4)2-3-9-11/h2-3,12H,1H3. The Morgan fingerprint density at radius 3 is 3.08 bits per heavy atom. The van der Waals surface area contributed by atoms with Gasteiger partial charge in [0.2, 0.25) is 5.82 Å². The zero-order valence-corrected chi connectivity index (χ0v) is 6.32. The number of hydrogen-bond acceptors (Lipinski definition) is 3. The Labute approximate surface area is 67.3 Å². The maximum absolute atomic E-state index is 13.0. The molecule has 12 heavy (non-hydrogen) atoms. The molecule has 2 rings (SSSR count). The Balaban J connectivity index is 2.94. The summed E-state index contributed by atoms with van der Waals surface area (Å²) in [7, 11) is 0. The molecule has 0 amide bonds. The summed E-state index contributed by atoms with van der Waals surface area (Å²) in [6.45, 7) is 1.49. The van der Waals surface area contributed by atoms with Gasteiger partial charge in [-0.1, -0.05) is 0 Å². The minimum absolute atomic E-state index is 0.167. The van der Waals surface area contributed by atoms with E-state index in [1.165, 1.54) is 13.1 Å². The second-order valence-electron chi connectivity index (χ2n) is 2.44. The molecule has 0 saturated heterocycles. The van der Waals surface area contributed by atoms with Crippen LogP contribution in [-0.2, 0) is 0 Å². The van der Waals surface area contributed by atoms with Crippen molar-refractivity contribution in [2.24, 2.45) is 0 Å². The molecule has 0 saturated carbocycles. The van der Waals surface area contributed by atoms with Gasteiger partial charge in [-0.2, -0.15) is 14.0 Å². The van der Waals surface area contributed by atoms with Crippen molar-refractivity contribution >= 4 is 5.65 Å². The molecule has 0 bridgehead atoms. The molecule has 0 unspecified atom stereocenters. The predicted octanol–water partition coefficient (Wildman–Crippen LogP) is 0.882. The van der Waals surface area contributed by atoms with Crippen LogP contribution in [-0.4, -0.2) is 19.7 Å². The zero-order chi connectivity index (χ0) is 8.72. The molecular weight excluding hydrogens is 161 g/mol. The summed E-state index contributed by atoms with van der Waals surface area (Å²) in [5, 5.41) is 12.9. The molecule has 2 heterocycles. The van der Waals surface area contributed by atoms with Crippen molar-refractivity contribution < 1.29 is 9.50 Å². The van der Waals surface area contributed by atoms with Crippen LogP contribution in [0.5, 0.6) is 5.88 Å². The van der Waals surface area contributed by atoms with E-state index < -0.39 is 11.7 Å². The van der Waals surface area contributed by atoms with Gasteiger partial charge in [0.15, 0.2) is 5.65 Å².